The smallest absolute Gasteiger partial charge is 0.410 e. The highest BCUT2D eigenvalue weighted by Crippen LogP contribution is 2.30. The van der Waals surface area contributed by atoms with Gasteiger partial charge in [0.05, 0.1) is 0 Å². The van der Waals surface area contributed by atoms with Crippen LogP contribution in [-0.2, 0) is 24.1 Å². The van der Waals surface area contributed by atoms with Crippen LogP contribution in [0, 0.1) is 0 Å². The summed E-state index contributed by atoms with van der Waals surface area (Å²) in [4.78, 5) is 16.2. The van der Waals surface area contributed by atoms with Crippen LogP contribution >= 0.6 is 0 Å². The number of fused-ring (bicyclic) bond motifs is 1. The van der Waals surface area contributed by atoms with Crippen LogP contribution in [0.25, 0.3) is 0 Å². The van der Waals surface area contributed by atoms with E-state index in [2.05, 4.69) is 11.0 Å². The van der Waals surface area contributed by atoms with Gasteiger partial charge in [-0.25, -0.2) is 4.79 Å². The molecule has 1 amide bonds. The second-order valence-electron chi connectivity index (χ2n) is 7.85. The molecule has 1 fully saturated rings. The van der Waals surface area contributed by atoms with Crippen molar-refractivity contribution < 1.29 is 14.6 Å². The molecule has 0 radical (unpaired) electrons. The first-order valence-electron chi connectivity index (χ1n) is 8.86. The summed E-state index contributed by atoms with van der Waals surface area (Å²) in [5.74, 6) is 0.408. The van der Waals surface area contributed by atoms with Crippen molar-refractivity contribution in [1.29, 1.82) is 0 Å². The molecule has 0 spiro atoms. The zero-order chi connectivity index (χ0) is 17.3. The van der Waals surface area contributed by atoms with Gasteiger partial charge in [0.25, 0.3) is 0 Å². The summed E-state index contributed by atoms with van der Waals surface area (Å²) in [5.41, 5.74) is 3.23. The van der Waals surface area contributed by atoms with Gasteiger partial charge in [-0.05, 0) is 57.2 Å². The Balaban J connectivity index is 1.55. The highest BCUT2D eigenvalue weighted by Gasteiger charge is 2.26. The fourth-order valence-electron chi connectivity index (χ4n) is 3.44. The Kier molecular flexibility index (Phi) is 4.72. The van der Waals surface area contributed by atoms with E-state index in [-0.39, 0.29) is 6.09 Å². The van der Waals surface area contributed by atoms with Crippen LogP contribution in [0.1, 0.15) is 43.9 Å². The van der Waals surface area contributed by atoms with Crippen LogP contribution in [0.5, 0.6) is 5.75 Å². The SMILES string of the molecule is CC(C)(C)OC(=O)N1CCN(Cc2cc3c(cc2O)CCC3)CC1. The van der Waals surface area contributed by atoms with Crippen LogP contribution < -0.4 is 0 Å². The number of phenolic OH excluding ortho intramolecular Hbond substituents is 1. The van der Waals surface area contributed by atoms with Crippen molar-refractivity contribution in [2.24, 2.45) is 0 Å². The third-order valence-electron chi connectivity index (χ3n) is 4.71. The molecular weight excluding hydrogens is 304 g/mol. The van der Waals surface area contributed by atoms with E-state index in [9.17, 15) is 9.90 Å². The number of carbonyl (C=O) groups is 1. The molecule has 1 N–H and O–H groups in total. The minimum atomic E-state index is -0.454. The number of hydrogen-bond donors (Lipinski definition) is 1. The molecule has 0 unspecified atom stereocenters. The summed E-state index contributed by atoms with van der Waals surface area (Å²) < 4.78 is 5.43. The molecule has 2 aliphatic rings. The van der Waals surface area contributed by atoms with E-state index in [0.29, 0.717) is 18.8 Å². The van der Waals surface area contributed by atoms with Gasteiger partial charge in [-0.3, -0.25) is 4.90 Å². The van der Waals surface area contributed by atoms with Gasteiger partial charge in [0, 0.05) is 38.3 Å². The molecule has 1 saturated heterocycles. The standard InChI is InChI=1S/C19H28N2O3/c1-19(2,3)24-18(23)21-9-7-20(8-10-21)13-16-11-14-5-4-6-15(14)12-17(16)22/h11-12,22H,4-10,13H2,1-3H3. The zero-order valence-corrected chi connectivity index (χ0v) is 15.0. The van der Waals surface area contributed by atoms with Gasteiger partial charge in [0.1, 0.15) is 11.4 Å². The maximum absolute atomic E-state index is 12.1. The van der Waals surface area contributed by atoms with E-state index in [1.165, 1.54) is 17.5 Å². The summed E-state index contributed by atoms with van der Waals surface area (Å²) in [7, 11) is 0. The monoisotopic (exact) mass is 332 g/mol. The first kappa shape index (κ1) is 17.1. The lowest BCUT2D eigenvalue weighted by Gasteiger charge is -2.35. The molecule has 1 aliphatic carbocycles. The molecule has 24 heavy (non-hydrogen) atoms. The third kappa shape index (κ3) is 4.01. The number of nitrogens with zero attached hydrogens (tertiary/aromatic N) is 2. The number of carbonyl (C=O) groups excluding carboxylic acids is 1. The van der Waals surface area contributed by atoms with E-state index in [1.807, 2.05) is 26.8 Å². The van der Waals surface area contributed by atoms with Crippen molar-refractivity contribution in [3.05, 3.63) is 28.8 Å². The lowest BCUT2D eigenvalue weighted by Crippen LogP contribution is -2.49. The lowest BCUT2D eigenvalue weighted by atomic mass is 10.0. The maximum atomic E-state index is 12.1. The van der Waals surface area contributed by atoms with E-state index >= 15 is 0 Å². The molecule has 1 heterocycles. The van der Waals surface area contributed by atoms with Crippen molar-refractivity contribution >= 4 is 6.09 Å². The first-order chi connectivity index (χ1) is 11.3. The number of ether oxygens (including phenoxy) is 1. The minimum Gasteiger partial charge on any atom is -0.508 e. The van der Waals surface area contributed by atoms with Crippen molar-refractivity contribution in [3.8, 4) is 5.75 Å². The predicted molar refractivity (Wildman–Crippen MR) is 93.2 cm³/mol. The number of phenols is 1. The van der Waals surface area contributed by atoms with E-state index in [4.69, 9.17) is 4.74 Å². The second-order valence-corrected chi connectivity index (χ2v) is 7.85. The maximum Gasteiger partial charge on any atom is 0.410 e. The highest BCUT2D eigenvalue weighted by molar-refractivity contribution is 5.68. The normalized spacial score (nSPS) is 18.5. The summed E-state index contributed by atoms with van der Waals surface area (Å²) in [6.45, 7) is 9.33. The zero-order valence-electron chi connectivity index (χ0n) is 15.0. The Morgan fingerprint density at radius 3 is 2.38 bits per heavy atom. The van der Waals surface area contributed by atoms with E-state index < -0.39 is 5.60 Å². The average molecular weight is 332 g/mol. The highest BCUT2D eigenvalue weighted by atomic mass is 16.6. The topological polar surface area (TPSA) is 53.0 Å². The molecule has 1 aliphatic heterocycles. The van der Waals surface area contributed by atoms with Crippen LogP contribution in [0.3, 0.4) is 0 Å². The fourth-order valence-corrected chi connectivity index (χ4v) is 3.44. The Labute approximate surface area is 144 Å². The number of aromatic hydroxyl groups is 1. The molecule has 132 valence electrons. The lowest BCUT2D eigenvalue weighted by molar-refractivity contribution is 0.0138. The van der Waals surface area contributed by atoms with Crippen molar-refractivity contribution in [2.75, 3.05) is 26.2 Å². The first-order valence-corrected chi connectivity index (χ1v) is 8.86. The Bertz CT molecular complexity index is 614. The van der Waals surface area contributed by atoms with Crippen LogP contribution in [0.2, 0.25) is 0 Å². The number of aryl methyl sites for hydroxylation is 2. The molecule has 0 bridgehead atoms. The van der Waals surface area contributed by atoms with Gasteiger partial charge < -0.3 is 14.7 Å². The second kappa shape index (κ2) is 6.63. The molecule has 0 atom stereocenters. The number of rotatable bonds is 2. The Hall–Kier alpha value is -1.75. The number of piperazine rings is 1. The van der Waals surface area contributed by atoms with Gasteiger partial charge in [-0.2, -0.15) is 0 Å². The van der Waals surface area contributed by atoms with Crippen LogP contribution in [0.4, 0.5) is 4.79 Å². The number of benzene rings is 1. The molecule has 1 aromatic carbocycles. The Morgan fingerprint density at radius 1 is 1.12 bits per heavy atom. The minimum absolute atomic E-state index is 0.234. The average Bonchev–Trinajstić information content (AvgIpc) is 2.93. The van der Waals surface area contributed by atoms with E-state index in [1.54, 1.807) is 4.90 Å². The summed E-state index contributed by atoms with van der Waals surface area (Å²) >= 11 is 0. The van der Waals surface area contributed by atoms with Gasteiger partial charge in [0.15, 0.2) is 0 Å². The predicted octanol–water partition coefficient (Wildman–Crippen LogP) is 2.93. The summed E-state index contributed by atoms with van der Waals surface area (Å²) in [6.07, 6.45) is 3.15. The van der Waals surface area contributed by atoms with Crippen LogP contribution in [0.15, 0.2) is 12.1 Å². The quantitative estimate of drug-likeness (QED) is 0.905. The largest absolute Gasteiger partial charge is 0.508 e. The van der Waals surface area contributed by atoms with Gasteiger partial charge >= 0.3 is 6.09 Å². The Morgan fingerprint density at radius 2 is 1.75 bits per heavy atom. The van der Waals surface area contributed by atoms with Crippen molar-refractivity contribution in [2.45, 2.75) is 52.2 Å². The van der Waals surface area contributed by atoms with Crippen LogP contribution in [-0.4, -0.2) is 52.8 Å². The summed E-state index contributed by atoms with van der Waals surface area (Å²) in [5, 5.41) is 10.3. The number of amides is 1. The van der Waals surface area contributed by atoms with Gasteiger partial charge in [-0.1, -0.05) is 6.07 Å². The molecule has 0 saturated carbocycles. The van der Waals surface area contributed by atoms with E-state index in [0.717, 1.165) is 38.0 Å². The summed E-state index contributed by atoms with van der Waals surface area (Å²) in [6, 6.07) is 4.10. The third-order valence-corrected chi connectivity index (χ3v) is 4.71. The molecule has 3 rings (SSSR count). The molecule has 5 heteroatoms. The molecular formula is C19H28N2O3. The van der Waals surface area contributed by atoms with Gasteiger partial charge in [-0.15, -0.1) is 0 Å². The molecule has 5 nitrogen and oxygen atoms in total. The molecule has 0 aromatic heterocycles. The van der Waals surface area contributed by atoms with Crippen molar-refractivity contribution in [1.82, 2.24) is 9.80 Å². The number of hydrogen-bond acceptors (Lipinski definition) is 4. The molecule has 1 aromatic rings. The fraction of sp³-hybridized carbons (Fsp3) is 0.632. The van der Waals surface area contributed by atoms with Gasteiger partial charge in [0.2, 0.25) is 0 Å². The van der Waals surface area contributed by atoms with Crippen molar-refractivity contribution in [3.63, 3.8) is 0 Å².